The molecule has 0 amide bonds. The first-order chi connectivity index (χ1) is 7.61. The third-order valence-electron chi connectivity index (χ3n) is 3.99. The van der Waals surface area contributed by atoms with Crippen LogP contribution in [0, 0.1) is 11.8 Å². The van der Waals surface area contributed by atoms with Crippen molar-refractivity contribution in [3.8, 4) is 0 Å². The lowest BCUT2D eigenvalue weighted by atomic mass is 9.80. The molecule has 0 saturated heterocycles. The van der Waals surface area contributed by atoms with Crippen LogP contribution in [0.3, 0.4) is 0 Å². The lowest BCUT2D eigenvalue weighted by Crippen LogP contribution is -2.31. The molecule has 0 aromatic rings. The van der Waals surface area contributed by atoms with Gasteiger partial charge in [0.2, 0.25) is 0 Å². The Morgan fingerprint density at radius 2 is 2.06 bits per heavy atom. The summed E-state index contributed by atoms with van der Waals surface area (Å²) < 4.78 is 11.2. The highest BCUT2D eigenvalue weighted by Gasteiger charge is 2.20. The van der Waals surface area contributed by atoms with E-state index in [1.165, 1.54) is 25.7 Å². The van der Waals surface area contributed by atoms with Gasteiger partial charge < -0.3 is 5.32 Å². The highest BCUT2D eigenvalue weighted by atomic mass is 32.2. The Hall–Kier alpha value is 0.110. The summed E-state index contributed by atoms with van der Waals surface area (Å²) in [5.74, 6) is 1.76. The molecule has 1 aliphatic rings. The molecule has 0 bridgehead atoms. The molecule has 0 aliphatic heterocycles. The molecule has 2 nitrogen and oxygen atoms in total. The Balaban J connectivity index is 2.08. The van der Waals surface area contributed by atoms with E-state index >= 15 is 0 Å². The Morgan fingerprint density at radius 3 is 2.69 bits per heavy atom. The summed E-state index contributed by atoms with van der Waals surface area (Å²) in [5, 5.41) is 3.87. The van der Waals surface area contributed by atoms with E-state index in [2.05, 4.69) is 19.2 Å². The van der Waals surface area contributed by atoms with Crippen molar-refractivity contribution >= 4 is 10.8 Å². The Morgan fingerprint density at radius 1 is 1.38 bits per heavy atom. The van der Waals surface area contributed by atoms with Crippen molar-refractivity contribution in [2.75, 3.05) is 19.3 Å². The Bertz CT molecular complexity index is 220. The highest BCUT2D eigenvalue weighted by molar-refractivity contribution is 7.84. The smallest absolute Gasteiger partial charge is 0.0329 e. The summed E-state index contributed by atoms with van der Waals surface area (Å²) in [4.78, 5) is 0. The minimum absolute atomic E-state index is 0.330. The van der Waals surface area contributed by atoms with Crippen molar-refractivity contribution in [1.82, 2.24) is 5.32 Å². The molecule has 0 aromatic heterocycles. The molecule has 4 atom stereocenters. The lowest BCUT2D eigenvalue weighted by Gasteiger charge is -2.29. The molecule has 16 heavy (non-hydrogen) atoms. The van der Waals surface area contributed by atoms with Crippen molar-refractivity contribution in [1.29, 1.82) is 0 Å². The van der Waals surface area contributed by atoms with E-state index in [0.29, 0.717) is 5.25 Å². The topological polar surface area (TPSA) is 29.1 Å². The predicted octanol–water partition coefficient (Wildman–Crippen LogP) is 2.56. The summed E-state index contributed by atoms with van der Waals surface area (Å²) >= 11 is 0. The maximum absolute atomic E-state index is 11.2. The van der Waals surface area contributed by atoms with Crippen LogP contribution in [0.4, 0.5) is 0 Å². The Labute approximate surface area is 103 Å². The van der Waals surface area contributed by atoms with E-state index in [1.807, 2.05) is 0 Å². The van der Waals surface area contributed by atoms with Crippen LogP contribution in [-0.4, -0.2) is 28.8 Å². The van der Waals surface area contributed by atoms with Crippen LogP contribution in [0.25, 0.3) is 0 Å². The van der Waals surface area contributed by atoms with Gasteiger partial charge in [-0.1, -0.05) is 33.1 Å². The molecule has 0 spiro atoms. The van der Waals surface area contributed by atoms with E-state index in [9.17, 15) is 4.21 Å². The van der Waals surface area contributed by atoms with Gasteiger partial charge in [-0.25, -0.2) is 0 Å². The zero-order chi connectivity index (χ0) is 12.0. The summed E-state index contributed by atoms with van der Waals surface area (Å²) in [7, 11) is -0.665. The second-order valence-corrected chi connectivity index (χ2v) is 7.13. The molecule has 0 unspecified atom stereocenters. The third-order valence-corrected chi connectivity index (χ3v) is 5.36. The van der Waals surface area contributed by atoms with Crippen LogP contribution in [0.15, 0.2) is 0 Å². The van der Waals surface area contributed by atoms with Crippen LogP contribution in [0.5, 0.6) is 0 Å². The second kappa shape index (κ2) is 7.44. The maximum atomic E-state index is 11.2. The standard InChI is InChI=1S/C13H27NOS/c1-11-6-4-5-7-13(11)10-14-9-8-12(2)16(3)15/h11-14H,4-10H2,1-3H3/t11-,12+,13-,16-/m1/s1. The van der Waals surface area contributed by atoms with Gasteiger partial charge in [-0.2, -0.15) is 0 Å². The summed E-state index contributed by atoms with van der Waals surface area (Å²) in [5.41, 5.74) is 0. The molecule has 1 saturated carbocycles. The SMILES string of the molecule is C[C@@H]1CCCC[C@@H]1CNCC[C@H](C)[S@@](C)=O. The zero-order valence-corrected chi connectivity index (χ0v) is 11.8. The van der Waals surface area contributed by atoms with E-state index in [1.54, 1.807) is 6.26 Å². The van der Waals surface area contributed by atoms with Crippen molar-refractivity contribution in [2.45, 2.75) is 51.2 Å². The minimum atomic E-state index is -0.665. The fourth-order valence-electron chi connectivity index (χ4n) is 2.46. The molecule has 0 radical (unpaired) electrons. The van der Waals surface area contributed by atoms with E-state index in [4.69, 9.17) is 0 Å². The molecule has 1 rings (SSSR count). The van der Waals surface area contributed by atoms with Crippen molar-refractivity contribution in [3.05, 3.63) is 0 Å². The highest BCUT2D eigenvalue weighted by Crippen LogP contribution is 2.28. The number of hydrogen-bond acceptors (Lipinski definition) is 2. The van der Waals surface area contributed by atoms with Gasteiger partial charge in [-0.15, -0.1) is 0 Å². The molecule has 96 valence electrons. The third kappa shape index (κ3) is 4.96. The normalized spacial score (nSPS) is 29.9. The largest absolute Gasteiger partial charge is 0.316 e. The molecule has 1 aliphatic carbocycles. The van der Waals surface area contributed by atoms with E-state index in [-0.39, 0.29) is 0 Å². The quantitative estimate of drug-likeness (QED) is 0.729. The van der Waals surface area contributed by atoms with Crippen LogP contribution < -0.4 is 5.32 Å². The summed E-state index contributed by atoms with van der Waals surface area (Å²) in [6.07, 6.45) is 8.46. The molecule has 1 fully saturated rings. The number of rotatable bonds is 6. The van der Waals surface area contributed by atoms with Gasteiger partial charge in [0.05, 0.1) is 0 Å². The van der Waals surface area contributed by atoms with Gasteiger partial charge in [0.25, 0.3) is 0 Å². The van der Waals surface area contributed by atoms with Crippen molar-refractivity contribution in [3.63, 3.8) is 0 Å². The van der Waals surface area contributed by atoms with Gasteiger partial charge in [-0.05, 0) is 37.8 Å². The zero-order valence-electron chi connectivity index (χ0n) is 11.0. The second-order valence-electron chi connectivity index (χ2n) is 5.32. The molecular weight excluding hydrogens is 218 g/mol. The first-order valence-electron chi connectivity index (χ1n) is 6.64. The molecular formula is C13H27NOS. The maximum Gasteiger partial charge on any atom is 0.0329 e. The van der Waals surface area contributed by atoms with Crippen LogP contribution in [0.1, 0.15) is 46.0 Å². The van der Waals surface area contributed by atoms with E-state index in [0.717, 1.165) is 31.3 Å². The average Bonchev–Trinajstić information content (AvgIpc) is 2.26. The van der Waals surface area contributed by atoms with Gasteiger partial charge in [0.1, 0.15) is 0 Å². The molecule has 1 N–H and O–H groups in total. The minimum Gasteiger partial charge on any atom is -0.316 e. The van der Waals surface area contributed by atoms with Crippen LogP contribution in [-0.2, 0) is 10.8 Å². The number of nitrogens with one attached hydrogen (secondary N) is 1. The van der Waals surface area contributed by atoms with Crippen LogP contribution >= 0.6 is 0 Å². The van der Waals surface area contributed by atoms with Crippen molar-refractivity contribution < 1.29 is 4.21 Å². The van der Waals surface area contributed by atoms with Crippen LogP contribution in [0.2, 0.25) is 0 Å². The monoisotopic (exact) mass is 245 g/mol. The number of hydrogen-bond donors (Lipinski definition) is 1. The first-order valence-corrected chi connectivity index (χ1v) is 8.26. The Kier molecular flexibility index (Phi) is 6.59. The summed E-state index contributed by atoms with van der Waals surface area (Å²) in [6.45, 7) is 6.63. The van der Waals surface area contributed by atoms with Gasteiger partial charge in [-0.3, -0.25) is 4.21 Å². The lowest BCUT2D eigenvalue weighted by molar-refractivity contribution is 0.248. The molecule has 0 aromatic carbocycles. The van der Waals surface area contributed by atoms with Gasteiger partial charge in [0.15, 0.2) is 0 Å². The van der Waals surface area contributed by atoms with Crippen molar-refractivity contribution in [2.24, 2.45) is 11.8 Å². The molecule has 3 heteroatoms. The van der Waals surface area contributed by atoms with E-state index < -0.39 is 10.8 Å². The fourth-order valence-corrected chi connectivity index (χ4v) is 2.90. The van der Waals surface area contributed by atoms with Gasteiger partial charge >= 0.3 is 0 Å². The predicted molar refractivity (Wildman–Crippen MR) is 72.1 cm³/mol. The molecule has 0 heterocycles. The average molecular weight is 245 g/mol. The summed E-state index contributed by atoms with van der Waals surface area (Å²) in [6, 6.07) is 0. The fraction of sp³-hybridized carbons (Fsp3) is 1.00. The van der Waals surface area contributed by atoms with Gasteiger partial charge in [0, 0.05) is 22.3 Å². The first kappa shape index (κ1) is 14.2.